The molecule has 0 spiro atoms. The summed E-state index contributed by atoms with van der Waals surface area (Å²) in [5.41, 5.74) is 1.70. The van der Waals surface area contributed by atoms with Gasteiger partial charge in [0, 0.05) is 25.2 Å². The number of fused-ring (bicyclic) bond motifs is 2. The minimum Gasteiger partial charge on any atom is -0.487 e. The maximum absolute atomic E-state index is 12.4. The lowest BCUT2D eigenvalue weighted by Gasteiger charge is -2.36. The Balaban J connectivity index is 1.38. The Bertz CT molecular complexity index is 834. The van der Waals surface area contributed by atoms with E-state index in [-0.39, 0.29) is 12.1 Å². The fourth-order valence-corrected chi connectivity index (χ4v) is 3.91. The molecule has 2 aliphatic rings. The van der Waals surface area contributed by atoms with Gasteiger partial charge in [-0.05, 0) is 32.8 Å². The van der Waals surface area contributed by atoms with Crippen LogP contribution in [-0.2, 0) is 11.3 Å². The molecule has 2 fully saturated rings. The third kappa shape index (κ3) is 4.06. The minimum atomic E-state index is -0.465. The Morgan fingerprint density at radius 3 is 2.61 bits per heavy atom. The first-order valence-electron chi connectivity index (χ1n) is 9.77. The molecule has 0 radical (unpaired) electrons. The number of benzene rings is 1. The average molecular weight is 381 g/mol. The number of pyridine rings is 1. The number of nitrogens with zero attached hydrogens (tertiary/aromatic N) is 3. The molecule has 0 N–H and O–H groups in total. The third-order valence-electron chi connectivity index (χ3n) is 5.15. The number of hydrogen-bond donors (Lipinski definition) is 0. The summed E-state index contributed by atoms with van der Waals surface area (Å²) in [6.45, 7) is 7.71. The summed E-state index contributed by atoms with van der Waals surface area (Å²) >= 11 is 0. The van der Waals surface area contributed by atoms with Crippen LogP contribution < -0.4 is 9.64 Å². The van der Waals surface area contributed by atoms with Crippen molar-refractivity contribution in [1.29, 1.82) is 0 Å². The topological polar surface area (TPSA) is 54.9 Å². The van der Waals surface area contributed by atoms with E-state index in [9.17, 15) is 4.79 Å². The van der Waals surface area contributed by atoms with E-state index in [1.807, 2.05) is 68.3 Å². The van der Waals surface area contributed by atoms with Crippen molar-refractivity contribution >= 4 is 11.8 Å². The number of piperazine rings is 1. The first-order chi connectivity index (χ1) is 13.4. The Labute approximate surface area is 166 Å². The standard InChI is InChI=1S/C22H27N3O3/c1-22(2,3)28-21(26)25-14-18-9-19(25)13-24(18)17-10-20(12-23-11-17)27-15-16-7-5-4-6-8-16/h4-8,10-12,18-19H,9,13-15H2,1-3H3/t18-,19-/m1/s1. The summed E-state index contributed by atoms with van der Waals surface area (Å²) in [4.78, 5) is 21.0. The molecule has 2 aliphatic heterocycles. The Morgan fingerprint density at radius 1 is 1.14 bits per heavy atom. The number of anilines is 1. The van der Waals surface area contributed by atoms with E-state index in [1.54, 1.807) is 6.20 Å². The van der Waals surface area contributed by atoms with Crippen molar-refractivity contribution in [3.63, 3.8) is 0 Å². The Morgan fingerprint density at radius 2 is 1.93 bits per heavy atom. The molecule has 1 amide bonds. The van der Waals surface area contributed by atoms with E-state index in [1.165, 1.54) is 0 Å². The Kier molecular flexibility index (Phi) is 4.87. The molecular weight excluding hydrogens is 354 g/mol. The summed E-state index contributed by atoms with van der Waals surface area (Å²) in [6.07, 6.45) is 4.37. The predicted octanol–water partition coefficient (Wildman–Crippen LogP) is 3.86. The number of amides is 1. The highest BCUT2D eigenvalue weighted by Crippen LogP contribution is 2.36. The van der Waals surface area contributed by atoms with Gasteiger partial charge in [-0.15, -0.1) is 0 Å². The van der Waals surface area contributed by atoms with Crippen LogP contribution in [0.25, 0.3) is 0 Å². The van der Waals surface area contributed by atoms with Crippen molar-refractivity contribution in [3.05, 3.63) is 54.4 Å². The van der Waals surface area contributed by atoms with Crippen LogP contribution in [-0.4, -0.2) is 46.8 Å². The van der Waals surface area contributed by atoms with Crippen LogP contribution in [0, 0.1) is 0 Å². The lowest BCUT2D eigenvalue weighted by molar-refractivity contribution is 0.0214. The minimum absolute atomic E-state index is 0.189. The van der Waals surface area contributed by atoms with Crippen molar-refractivity contribution in [2.24, 2.45) is 0 Å². The van der Waals surface area contributed by atoms with Gasteiger partial charge >= 0.3 is 6.09 Å². The molecule has 2 aromatic rings. The van der Waals surface area contributed by atoms with Gasteiger partial charge in [-0.3, -0.25) is 4.98 Å². The van der Waals surface area contributed by atoms with Crippen LogP contribution in [0.3, 0.4) is 0 Å². The van der Waals surface area contributed by atoms with E-state index >= 15 is 0 Å². The van der Waals surface area contributed by atoms with Gasteiger partial charge in [-0.25, -0.2) is 4.79 Å². The van der Waals surface area contributed by atoms with E-state index < -0.39 is 5.60 Å². The zero-order chi connectivity index (χ0) is 19.7. The summed E-state index contributed by atoms with van der Waals surface area (Å²) in [7, 11) is 0. The lowest BCUT2D eigenvalue weighted by atomic mass is 10.2. The van der Waals surface area contributed by atoms with E-state index in [0.717, 1.165) is 30.0 Å². The number of carbonyl (C=O) groups excluding carboxylic acids is 1. The van der Waals surface area contributed by atoms with Gasteiger partial charge in [0.05, 0.1) is 24.1 Å². The summed E-state index contributed by atoms with van der Waals surface area (Å²) < 4.78 is 11.5. The quantitative estimate of drug-likeness (QED) is 0.805. The molecule has 0 saturated carbocycles. The van der Waals surface area contributed by atoms with Gasteiger partial charge in [0.25, 0.3) is 0 Å². The van der Waals surface area contributed by atoms with Crippen LogP contribution in [0.4, 0.5) is 10.5 Å². The summed E-state index contributed by atoms with van der Waals surface area (Å²) in [5.74, 6) is 0.758. The van der Waals surface area contributed by atoms with Gasteiger partial charge in [0.1, 0.15) is 18.0 Å². The first-order valence-corrected chi connectivity index (χ1v) is 9.77. The maximum Gasteiger partial charge on any atom is 0.410 e. The number of rotatable bonds is 4. The van der Waals surface area contributed by atoms with Gasteiger partial charge < -0.3 is 19.3 Å². The fourth-order valence-electron chi connectivity index (χ4n) is 3.91. The molecule has 6 nitrogen and oxygen atoms in total. The lowest BCUT2D eigenvalue weighted by Crippen LogP contribution is -2.50. The number of carbonyl (C=O) groups is 1. The molecule has 1 aromatic carbocycles. The fraction of sp³-hybridized carbons (Fsp3) is 0.455. The molecule has 148 valence electrons. The second kappa shape index (κ2) is 7.34. The van der Waals surface area contributed by atoms with E-state index in [2.05, 4.69) is 9.88 Å². The summed E-state index contributed by atoms with van der Waals surface area (Å²) in [5, 5.41) is 0. The second-order valence-electron chi connectivity index (χ2n) is 8.48. The Hall–Kier alpha value is -2.76. The monoisotopic (exact) mass is 381 g/mol. The molecule has 4 rings (SSSR count). The smallest absolute Gasteiger partial charge is 0.410 e. The van der Waals surface area contributed by atoms with Crippen LogP contribution in [0.1, 0.15) is 32.8 Å². The second-order valence-corrected chi connectivity index (χ2v) is 8.48. The van der Waals surface area contributed by atoms with Crippen LogP contribution in [0.2, 0.25) is 0 Å². The molecule has 2 saturated heterocycles. The number of hydrogen-bond acceptors (Lipinski definition) is 5. The van der Waals surface area contributed by atoms with E-state index in [4.69, 9.17) is 9.47 Å². The average Bonchev–Trinajstić information content (AvgIpc) is 3.27. The first kappa shape index (κ1) is 18.6. The highest BCUT2D eigenvalue weighted by atomic mass is 16.6. The van der Waals surface area contributed by atoms with Crippen molar-refractivity contribution in [2.75, 3.05) is 18.0 Å². The van der Waals surface area contributed by atoms with Gasteiger partial charge in [0.15, 0.2) is 0 Å². The number of aromatic nitrogens is 1. The predicted molar refractivity (Wildman–Crippen MR) is 107 cm³/mol. The molecule has 6 heteroatoms. The molecular formula is C22H27N3O3. The zero-order valence-electron chi connectivity index (χ0n) is 16.7. The van der Waals surface area contributed by atoms with Crippen molar-refractivity contribution < 1.29 is 14.3 Å². The molecule has 2 atom stereocenters. The van der Waals surface area contributed by atoms with Crippen molar-refractivity contribution in [1.82, 2.24) is 9.88 Å². The highest BCUT2D eigenvalue weighted by Gasteiger charge is 2.46. The molecule has 2 bridgehead atoms. The van der Waals surface area contributed by atoms with Gasteiger partial charge in [-0.1, -0.05) is 30.3 Å². The highest BCUT2D eigenvalue weighted by molar-refractivity contribution is 5.70. The molecule has 1 aromatic heterocycles. The van der Waals surface area contributed by atoms with Gasteiger partial charge in [0.2, 0.25) is 0 Å². The molecule has 3 heterocycles. The molecule has 28 heavy (non-hydrogen) atoms. The molecule has 0 aliphatic carbocycles. The SMILES string of the molecule is CC(C)(C)OC(=O)N1C[C@H]2C[C@@H]1CN2c1cncc(OCc2ccccc2)c1. The van der Waals surface area contributed by atoms with Crippen LogP contribution in [0.5, 0.6) is 5.75 Å². The van der Waals surface area contributed by atoms with Gasteiger partial charge in [-0.2, -0.15) is 0 Å². The third-order valence-corrected chi connectivity index (χ3v) is 5.15. The van der Waals surface area contributed by atoms with Crippen molar-refractivity contribution in [3.8, 4) is 5.75 Å². The zero-order valence-corrected chi connectivity index (χ0v) is 16.7. The molecule has 0 unspecified atom stereocenters. The maximum atomic E-state index is 12.4. The number of likely N-dealkylation sites (tertiary alicyclic amines) is 1. The summed E-state index contributed by atoms with van der Waals surface area (Å²) in [6, 6.07) is 12.6. The van der Waals surface area contributed by atoms with Crippen LogP contribution >= 0.6 is 0 Å². The number of ether oxygens (including phenoxy) is 2. The van der Waals surface area contributed by atoms with E-state index in [0.29, 0.717) is 19.2 Å². The van der Waals surface area contributed by atoms with Crippen molar-refractivity contribution in [2.45, 2.75) is 51.5 Å². The largest absolute Gasteiger partial charge is 0.487 e. The van der Waals surface area contributed by atoms with Crippen LogP contribution in [0.15, 0.2) is 48.8 Å². The normalized spacial score (nSPS) is 21.1.